The molecule has 16 heavy (non-hydrogen) atoms. The number of benzene rings is 1. The van der Waals surface area contributed by atoms with Crippen molar-refractivity contribution in [2.24, 2.45) is 0 Å². The summed E-state index contributed by atoms with van der Waals surface area (Å²) in [5.74, 6) is 0.359. The quantitative estimate of drug-likeness (QED) is 0.751. The number of hydrogen-bond donors (Lipinski definition) is 2. The molecule has 0 aliphatic rings. The molecular weight excluding hydrogens is 216 g/mol. The van der Waals surface area contributed by atoms with E-state index in [1.54, 1.807) is 6.07 Å². The molecule has 1 rings (SSSR count). The summed E-state index contributed by atoms with van der Waals surface area (Å²) in [5.41, 5.74) is 2.23. The van der Waals surface area contributed by atoms with E-state index in [9.17, 15) is 5.11 Å². The first-order chi connectivity index (χ1) is 7.36. The second-order valence-corrected chi connectivity index (χ2v) is 5.83. The molecule has 0 unspecified atom stereocenters. The zero-order chi connectivity index (χ0) is 12.3. The molecule has 0 atom stereocenters. The predicted octanol–water partition coefficient (Wildman–Crippen LogP) is 4.32. The molecule has 0 amide bonds. The van der Waals surface area contributed by atoms with Gasteiger partial charge in [-0.3, -0.25) is 0 Å². The van der Waals surface area contributed by atoms with Gasteiger partial charge >= 0.3 is 0 Å². The summed E-state index contributed by atoms with van der Waals surface area (Å²) in [4.78, 5) is 0.902. The van der Waals surface area contributed by atoms with Gasteiger partial charge in [-0.2, -0.15) is 0 Å². The fraction of sp³-hybridized carbons (Fsp3) is 0.571. The molecule has 0 aliphatic heterocycles. The highest BCUT2D eigenvalue weighted by Gasteiger charge is 2.19. The van der Waals surface area contributed by atoms with Crippen molar-refractivity contribution in [2.45, 2.75) is 57.3 Å². The smallest absolute Gasteiger partial charge is 0.120 e. The van der Waals surface area contributed by atoms with Gasteiger partial charge in [0.2, 0.25) is 0 Å². The Kier molecular flexibility index (Phi) is 4.31. The summed E-state index contributed by atoms with van der Waals surface area (Å²) in [5, 5.41) is 9.93. The standard InChI is InChI=1S/C14H22OS/c1-5-6-7-10-8-11(14(2,3)4)12(15)9-13(10)16/h8-9,15-16H,5-7H2,1-4H3. The van der Waals surface area contributed by atoms with Crippen LogP contribution >= 0.6 is 12.6 Å². The van der Waals surface area contributed by atoms with Gasteiger partial charge in [0.15, 0.2) is 0 Å². The Morgan fingerprint density at radius 3 is 2.38 bits per heavy atom. The number of phenolic OH excluding ortho intramolecular Hbond substituents is 1. The SMILES string of the molecule is CCCCc1cc(C(C)(C)C)c(O)cc1S. The average Bonchev–Trinajstić information content (AvgIpc) is 2.14. The van der Waals surface area contributed by atoms with Gasteiger partial charge in [-0.25, -0.2) is 0 Å². The summed E-state index contributed by atoms with van der Waals surface area (Å²) in [6, 6.07) is 3.88. The van der Waals surface area contributed by atoms with Gasteiger partial charge in [-0.1, -0.05) is 40.2 Å². The number of rotatable bonds is 3. The summed E-state index contributed by atoms with van der Waals surface area (Å²) in [7, 11) is 0. The third-order valence-electron chi connectivity index (χ3n) is 2.80. The maximum Gasteiger partial charge on any atom is 0.120 e. The predicted molar refractivity (Wildman–Crippen MR) is 72.7 cm³/mol. The van der Waals surface area contributed by atoms with E-state index in [4.69, 9.17) is 0 Å². The van der Waals surface area contributed by atoms with Gasteiger partial charge in [-0.15, -0.1) is 12.6 Å². The van der Waals surface area contributed by atoms with Crippen LogP contribution in [0.25, 0.3) is 0 Å². The average molecular weight is 238 g/mol. The first kappa shape index (κ1) is 13.4. The molecule has 0 fully saturated rings. The van der Waals surface area contributed by atoms with Crippen LogP contribution in [0, 0.1) is 0 Å². The summed E-state index contributed by atoms with van der Waals surface area (Å²) >= 11 is 4.42. The lowest BCUT2D eigenvalue weighted by Crippen LogP contribution is -2.12. The van der Waals surface area contributed by atoms with Crippen molar-refractivity contribution in [2.75, 3.05) is 0 Å². The van der Waals surface area contributed by atoms with Crippen LogP contribution in [-0.4, -0.2) is 5.11 Å². The van der Waals surface area contributed by atoms with Crippen molar-refractivity contribution in [1.29, 1.82) is 0 Å². The zero-order valence-corrected chi connectivity index (χ0v) is 11.6. The molecule has 1 aromatic carbocycles. The Morgan fingerprint density at radius 2 is 1.88 bits per heavy atom. The molecule has 0 spiro atoms. The maximum atomic E-state index is 9.93. The second-order valence-electron chi connectivity index (χ2n) is 5.35. The number of aromatic hydroxyl groups is 1. The molecule has 1 aromatic rings. The highest BCUT2D eigenvalue weighted by Crippen LogP contribution is 2.34. The Labute approximate surface area is 104 Å². The van der Waals surface area contributed by atoms with Crippen LogP contribution in [0.2, 0.25) is 0 Å². The lowest BCUT2D eigenvalue weighted by Gasteiger charge is -2.22. The highest BCUT2D eigenvalue weighted by atomic mass is 32.1. The number of phenols is 1. The highest BCUT2D eigenvalue weighted by molar-refractivity contribution is 7.80. The van der Waals surface area contributed by atoms with Gasteiger partial charge < -0.3 is 5.11 Å². The van der Waals surface area contributed by atoms with Crippen molar-refractivity contribution in [3.63, 3.8) is 0 Å². The molecule has 1 nitrogen and oxygen atoms in total. The first-order valence-electron chi connectivity index (χ1n) is 5.91. The van der Waals surface area contributed by atoms with Crippen molar-refractivity contribution in [3.05, 3.63) is 23.3 Å². The molecule has 0 bridgehead atoms. The Hall–Kier alpha value is -0.630. The molecule has 2 heteroatoms. The van der Waals surface area contributed by atoms with Crippen LogP contribution in [0.1, 0.15) is 51.7 Å². The molecule has 1 N–H and O–H groups in total. The third-order valence-corrected chi connectivity index (χ3v) is 3.22. The van der Waals surface area contributed by atoms with Crippen LogP contribution in [0.3, 0.4) is 0 Å². The summed E-state index contributed by atoms with van der Waals surface area (Å²) < 4.78 is 0. The van der Waals surface area contributed by atoms with E-state index < -0.39 is 0 Å². The Morgan fingerprint density at radius 1 is 1.25 bits per heavy atom. The molecule has 0 radical (unpaired) electrons. The minimum Gasteiger partial charge on any atom is -0.508 e. The topological polar surface area (TPSA) is 20.2 Å². The van der Waals surface area contributed by atoms with Gasteiger partial charge in [-0.05, 0) is 35.4 Å². The molecule has 0 aromatic heterocycles. The van der Waals surface area contributed by atoms with Gasteiger partial charge in [0.1, 0.15) is 5.75 Å². The molecule has 0 saturated carbocycles. The number of unbranched alkanes of at least 4 members (excludes halogenated alkanes) is 1. The van der Waals surface area contributed by atoms with Crippen LogP contribution in [-0.2, 0) is 11.8 Å². The third kappa shape index (κ3) is 3.18. The summed E-state index contributed by atoms with van der Waals surface area (Å²) in [6.07, 6.45) is 3.39. The van der Waals surface area contributed by atoms with Gasteiger partial charge in [0.05, 0.1) is 0 Å². The fourth-order valence-corrected chi connectivity index (χ4v) is 2.09. The van der Waals surface area contributed by atoms with E-state index in [0.29, 0.717) is 5.75 Å². The maximum absolute atomic E-state index is 9.93. The molecular formula is C14H22OS. The lowest BCUT2D eigenvalue weighted by atomic mass is 9.85. The minimum atomic E-state index is -0.0213. The van der Waals surface area contributed by atoms with Gasteiger partial charge in [0.25, 0.3) is 0 Å². The largest absolute Gasteiger partial charge is 0.508 e. The monoisotopic (exact) mass is 238 g/mol. The summed E-state index contributed by atoms with van der Waals surface area (Å²) in [6.45, 7) is 8.53. The van der Waals surface area contributed by atoms with Crippen LogP contribution < -0.4 is 0 Å². The van der Waals surface area contributed by atoms with Gasteiger partial charge in [0, 0.05) is 4.90 Å². The van der Waals surface area contributed by atoms with E-state index in [1.807, 2.05) is 0 Å². The normalized spacial score (nSPS) is 11.8. The van der Waals surface area contributed by atoms with E-state index in [-0.39, 0.29) is 5.41 Å². The van der Waals surface area contributed by atoms with E-state index in [1.165, 1.54) is 18.4 Å². The number of thiol groups is 1. The van der Waals surface area contributed by atoms with E-state index >= 15 is 0 Å². The van der Waals surface area contributed by atoms with E-state index in [0.717, 1.165) is 16.9 Å². The fourth-order valence-electron chi connectivity index (χ4n) is 1.79. The van der Waals surface area contributed by atoms with Crippen molar-refractivity contribution < 1.29 is 5.11 Å². The van der Waals surface area contributed by atoms with Crippen molar-refractivity contribution in [1.82, 2.24) is 0 Å². The second kappa shape index (κ2) is 5.13. The molecule has 0 aliphatic carbocycles. The van der Waals surface area contributed by atoms with Crippen molar-refractivity contribution >= 4 is 12.6 Å². The first-order valence-corrected chi connectivity index (χ1v) is 6.36. The van der Waals surface area contributed by atoms with Crippen LogP contribution in [0.4, 0.5) is 0 Å². The number of hydrogen-bond acceptors (Lipinski definition) is 2. The lowest BCUT2D eigenvalue weighted by molar-refractivity contribution is 0.444. The molecule has 90 valence electrons. The Bertz CT molecular complexity index is 364. The van der Waals surface area contributed by atoms with Crippen molar-refractivity contribution in [3.8, 4) is 5.75 Å². The zero-order valence-electron chi connectivity index (χ0n) is 10.7. The number of aryl methyl sites for hydroxylation is 1. The molecule has 0 heterocycles. The minimum absolute atomic E-state index is 0.0213. The van der Waals surface area contributed by atoms with E-state index in [2.05, 4.69) is 46.4 Å². The molecule has 0 saturated heterocycles. The van der Waals surface area contributed by atoms with Crippen LogP contribution in [0.15, 0.2) is 17.0 Å². The van der Waals surface area contributed by atoms with Crippen LogP contribution in [0.5, 0.6) is 5.75 Å². The Balaban J connectivity index is 3.11.